The van der Waals surface area contributed by atoms with Crippen LogP contribution in [0.4, 0.5) is 0 Å². The maximum absolute atomic E-state index is 11.1. The van der Waals surface area contributed by atoms with E-state index in [1.807, 2.05) is 19.1 Å². The predicted octanol–water partition coefficient (Wildman–Crippen LogP) is 5.66. The first-order valence-corrected chi connectivity index (χ1v) is 53.3. The van der Waals surface area contributed by atoms with E-state index in [1.165, 1.54) is 13.8 Å². The second kappa shape index (κ2) is 40.6. The minimum absolute atomic E-state index is 0.00509. The third-order valence-corrected chi connectivity index (χ3v) is 27.9. The van der Waals surface area contributed by atoms with Crippen LogP contribution in [-0.2, 0) is 33.3 Å². The Labute approximate surface area is 673 Å². The Bertz CT molecular complexity index is 3970. The second-order valence-electron chi connectivity index (χ2n) is 33.1. The van der Waals surface area contributed by atoms with Gasteiger partial charge in [-0.2, -0.15) is 0 Å². The number of hydrogen-bond acceptors (Lipinski definition) is 26. The van der Waals surface area contributed by atoms with Gasteiger partial charge in [-0.25, -0.2) is 25.0 Å². The van der Waals surface area contributed by atoms with Crippen molar-refractivity contribution < 1.29 is 69.0 Å². The first-order chi connectivity index (χ1) is 51.8. The minimum atomic E-state index is -1.23. The average molecular weight is 1720 g/mol. The Balaban J connectivity index is 0.000000219. The number of nitrogens with one attached hydrogen (secondary N) is 2. The molecule has 0 saturated carbocycles. The van der Waals surface area contributed by atoms with Gasteiger partial charge in [0.05, 0.1) is 53.6 Å². The van der Waals surface area contributed by atoms with Crippen LogP contribution in [0.2, 0.25) is 0 Å². The molecule has 1 aliphatic carbocycles. The first-order valence-electron chi connectivity index (χ1n) is 37.1. The van der Waals surface area contributed by atoms with Crippen LogP contribution >= 0.6 is 50.4 Å². The van der Waals surface area contributed by atoms with E-state index in [0.29, 0.717) is 64.6 Å². The predicted molar refractivity (Wildman–Crippen MR) is 478 cm³/mol. The van der Waals surface area contributed by atoms with Crippen molar-refractivity contribution in [2.24, 2.45) is 54.0 Å². The normalized spacial score (nSPS) is 31.9. The van der Waals surface area contributed by atoms with Gasteiger partial charge < -0.3 is 107 Å². The van der Waals surface area contributed by atoms with Crippen molar-refractivity contribution >= 4 is 123 Å². The molecule has 0 aromatic rings. The number of nitrogens with two attached hydrogens (primary N) is 3. The maximum atomic E-state index is 11.1. The fraction of sp³-hybridized carbons (Fsp3) is 0.564. The molecule has 9 aliphatic heterocycles. The molecule has 0 bridgehead atoms. The van der Waals surface area contributed by atoms with Gasteiger partial charge in [-0.05, 0) is 166 Å². The third kappa shape index (κ3) is 28.1. The summed E-state index contributed by atoms with van der Waals surface area (Å²) >= 11 is 3.53. The van der Waals surface area contributed by atoms with Gasteiger partial charge in [0.2, 0.25) is 11.8 Å². The summed E-state index contributed by atoms with van der Waals surface area (Å²) in [5.74, 6) is 3.41. The highest BCUT2D eigenvalue weighted by molar-refractivity contribution is 9.09. The van der Waals surface area contributed by atoms with E-state index in [4.69, 9.17) is 40.9 Å². The highest BCUT2D eigenvalue weighted by Gasteiger charge is 2.50. The molecular formula is C78H128BrN14O14P5. The highest BCUT2D eigenvalue weighted by Crippen LogP contribution is 2.46. The minimum Gasteiger partial charge on any atom is -0.390 e. The molecule has 34 heteroatoms. The summed E-state index contributed by atoms with van der Waals surface area (Å²) in [7, 11) is 1.55. The van der Waals surface area contributed by atoms with Crippen molar-refractivity contribution in [2.75, 3.05) is 105 Å². The van der Waals surface area contributed by atoms with Gasteiger partial charge in [-0.3, -0.25) is 9.59 Å². The molecule has 4 fully saturated rings. The number of alkyl halides is 1. The summed E-state index contributed by atoms with van der Waals surface area (Å²) in [5.41, 5.74) is 18.5. The molecule has 0 aromatic carbocycles. The van der Waals surface area contributed by atoms with Crippen molar-refractivity contribution in [2.45, 2.75) is 162 Å². The number of ether oxygens (including phenoxy) is 5. The summed E-state index contributed by atoms with van der Waals surface area (Å²) in [5, 5.41) is 77.7. The molecule has 0 aromatic heterocycles. The number of carbonyl (C=O) groups is 2. The van der Waals surface area contributed by atoms with Crippen LogP contribution < -0.4 is 27.8 Å². The number of nitrogens with zero attached hydrogens (tertiary/aromatic N) is 9. The summed E-state index contributed by atoms with van der Waals surface area (Å²) in [6.07, 6.45) is 39.9. The van der Waals surface area contributed by atoms with Gasteiger partial charge in [0, 0.05) is 63.3 Å². The first kappa shape index (κ1) is 95.4. The Morgan fingerprint density at radius 3 is 1.31 bits per heavy atom. The lowest BCUT2D eigenvalue weighted by Crippen LogP contribution is -2.43. The van der Waals surface area contributed by atoms with Crippen LogP contribution in [-0.4, -0.2) is 341 Å². The Morgan fingerprint density at radius 1 is 0.500 bits per heavy atom. The zero-order valence-electron chi connectivity index (χ0n) is 67.9. The van der Waals surface area contributed by atoms with Crippen molar-refractivity contribution in [3.63, 3.8) is 0 Å². The van der Waals surface area contributed by atoms with Crippen molar-refractivity contribution in [3.05, 3.63) is 135 Å². The molecule has 0 radical (unpaired) electrons. The molecule has 9 heterocycles. The average Bonchev–Trinajstić information content (AvgIpc) is 1.67. The maximum Gasteiger partial charge on any atom is 0.222 e. The number of aliphatic imine (C=N–C) groups is 5. The SMILES string of the molecule is C=C1N=C(N)C=CC1[C@@H]1O[C@H](CCP(=C)(C)C)[C@@H](O)[C@H]1C.C=C1N=C(N)C=CN1[C@@H]1C=C(CCP(=C)(C)C)[C@@H](O)[C@H]1O.C=C1N=C(N)C=CN1[C@@H]1O[C@H](CCP(=C)(C)C)[C@@H](O)[C@H]1Br.C=C1N=C(NC(C)=O)C=CN1[C@@H]1O[C@H](CCP(=C)(C)C)[C@@H](O)[C@H]1O.C=C1N=C(NC(C)=O)C=CN1[C@@H]1O[C@H](CCP(=C)(C)C)[C@@H](O)[C@H]1OC. The summed E-state index contributed by atoms with van der Waals surface area (Å²) in [6.45, 7) is 40.1. The summed E-state index contributed by atoms with van der Waals surface area (Å²) in [4.78, 5) is 49.7. The lowest BCUT2D eigenvalue weighted by atomic mass is 9.86. The number of rotatable bonds is 21. The highest BCUT2D eigenvalue weighted by atomic mass is 79.9. The Hall–Kier alpha value is -5.47. The Morgan fingerprint density at radius 2 is 0.884 bits per heavy atom. The molecule has 0 spiro atoms. The number of amidine groups is 5. The van der Waals surface area contributed by atoms with E-state index in [2.05, 4.69) is 183 Å². The van der Waals surface area contributed by atoms with Gasteiger partial charge in [0.15, 0.2) is 18.7 Å². The largest absolute Gasteiger partial charge is 0.390 e. The second-order valence-corrected chi connectivity index (χ2v) is 55.7. The molecule has 10 rings (SSSR count). The van der Waals surface area contributed by atoms with Gasteiger partial charge in [-0.1, -0.05) is 67.9 Å². The zero-order chi connectivity index (χ0) is 84.2. The van der Waals surface area contributed by atoms with E-state index in [1.54, 1.807) is 81.9 Å². The molecule has 28 nitrogen and oxygen atoms in total. The van der Waals surface area contributed by atoms with Crippen molar-refractivity contribution in [1.29, 1.82) is 0 Å². The van der Waals surface area contributed by atoms with Gasteiger partial charge in [0.25, 0.3) is 0 Å². The van der Waals surface area contributed by atoms with Gasteiger partial charge >= 0.3 is 0 Å². The molecule has 10 aliphatic rings. The fourth-order valence-electron chi connectivity index (χ4n) is 13.3. The molecule has 20 atom stereocenters. The number of methoxy groups -OCH3 is 1. The van der Waals surface area contributed by atoms with Crippen LogP contribution in [0.25, 0.3) is 0 Å². The molecule has 4 saturated heterocycles. The quantitative estimate of drug-likeness (QED) is 0.0374. The number of halogens is 1. The smallest absolute Gasteiger partial charge is 0.222 e. The topological polar surface area (TPSA) is 399 Å². The Kier molecular flexibility index (Phi) is 34.6. The van der Waals surface area contributed by atoms with Gasteiger partial charge in [0.1, 0.15) is 89.1 Å². The molecule has 112 heavy (non-hydrogen) atoms. The number of hydrogen-bond donors (Lipinski definition) is 12. The van der Waals surface area contributed by atoms with E-state index in [0.717, 1.165) is 62.1 Å². The standard InChI is InChI=1S/C17H28N3O4P.C16H26N3O4P.C16H27N2O2P.C15H24N3O2P.C14H23BrN3O2P/c1-11-18-14(19-12(2)21)7-9-20(11)17-16(23-3)15(22)13(24-17)8-10-25(4,5)6;1-10-17-13(18-11(2)20)6-8-19(10)16-15(22)14(21)12(23-16)7-9-24(3,4)5;1-10-15(19)13(8-9-21(3,4)5)20-16(10)12-6-7-14(17)18-11(12)2;1-10-17-13(16)5-7-18(10)12-9-11(14(19)15(12)20)6-8-21(2,3)4;1-9-17-11(16)5-7-18(9)14-12(15)13(19)10(20-14)6-8-21(2,3)4/h7,9,13,15-17,22H,1,4,8,10H2,2-3,5-6H3,(H,18,19,21);6,8,12,14-16,21-22H,1,3,7,9H2,2,4-5H3,(H,17,18,20);6-7,10,12-13,15-16,19H,2-3,8-9H2,1,4-5H3,(H2,17,18);5,7,9,12,14-15,19-20H,1-2,6,8H2,3-4H3,(H2,16,17);5,7,10,12-14,19H,1-2,6,8H2,3-4H3,(H2,16,17)/t13-,15-,16-,17-;12-,14-,15-,16-;10-,12?,13-,15+,16-;12-,14-,15+;10-,12-,13-,14-/m11111/s1. The van der Waals surface area contributed by atoms with Crippen LogP contribution in [0.15, 0.2) is 160 Å². The summed E-state index contributed by atoms with van der Waals surface area (Å²) < 4.78 is 29.6. The molecule has 15 N–H and O–H groups in total. The van der Waals surface area contributed by atoms with Crippen LogP contribution in [0.5, 0.6) is 0 Å². The molecule has 1 unspecified atom stereocenters. The molecule has 2 amide bonds. The lowest BCUT2D eigenvalue weighted by Gasteiger charge is -2.32. The van der Waals surface area contributed by atoms with E-state index in [-0.39, 0.29) is 65.2 Å². The van der Waals surface area contributed by atoms with Crippen molar-refractivity contribution in [1.82, 2.24) is 30.2 Å². The van der Waals surface area contributed by atoms with Gasteiger partial charge in [-0.15, -0.1) is 65.9 Å². The number of dihydropyridines is 1. The van der Waals surface area contributed by atoms with Crippen molar-refractivity contribution in [3.8, 4) is 0 Å². The number of amides is 2. The molecular weight excluding hydrogens is 1590 g/mol. The summed E-state index contributed by atoms with van der Waals surface area (Å²) in [6, 6.07) is -0.359. The lowest BCUT2D eigenvalue weighted by molar-refractivity contribution is -0.118. The third-order valence-electron chi connectivity index (χ3n) is 19.5. The van der Waals surface area contributed by atoms with Crippen LogP contribution in [0.3, 0.4) is 0 Å². The van der Waals surface area contributed by atoms with E-state index in [9.17, 15) is 45.3 Å². The molecule has 626 valence electrons. The van der Waals surface area contributed by atoms with E-state index >= 15 is 0 Å². The number of aliphatic hydroxyl groups is 7. The monoisotopic (exact) mass is 1720 g/mol. The van der Waals surface area contributed by atoms with Crippen LogP contribution in [0, 0.1) is 11.8 Å². The van der Waals surface area contributed by atoms with E-state index < -0.39 is 102 Å². The van der Waals surface area contributed by atoms with Crippen LogP contribution in [0.1, 0.15) is 52.9 Å². The zero-order valence-corrected chi connectivity index (χ0v) is 74.0. The number of carbonyl (C=O) groups excluding carboxylic acids is 2. The fourth-order valence-corrected chi connectivity index (χ4v) is 18.7. The number of aliphatic hydroxyl groups excluding tert-OH is 7.